The van der Waals surface area contributed by atoms with Crippen molar-refractivity contribution in [2.45, 2.75) is 34.6 Å². The molecule has 0 atom stereocenters. The van der Waals surface area contributed by atoms with Gasteiger partial charge in [-0.2, -0.15) is 0 Å². The summed E-state index contributed by atoms with van der Waals surface area (Å²) in [6.07, 6.45) is 8.75. The van der Waals surface area contributed by atoms with Crippen LogP contribution >= 0.6 is 0 Å². The van der Waals surface area contributed by atoms with Crippen LogP contribution in [0.1, 0.15) is 34.6 Å². The Morgan fingerprint density at radius 2 is 0.308 bits per heavy atom. The molecule has 0 amide bonds. The molecule has 0 saturated heterocycles. The molecule has 0 heterocycles. The van der Waals surface area contributed by atoms with Gasteiger partial charge in [-0.15, -0.1) is 138 Å². The molecule has 4 heteroatoms. The van der Waals surface area contributed by atoms with Crippen molar-refractivity contribution in [3.05, 3.63) is 169 Å². The minimum absolute atomic E-state index is 0.125. The summed E-state index contributed by atoms with van der Waals surface area (Å²) >= 11 is 0. The van der Waals surface area contributed by atoms with Crippen LogP contribution < -0.4 is 0 Å². The molecule has 0 spiro atoms. The fourth-order valence-corrected chi connectivity index (χ4v) is 0. The third kappa shape index (κ3) is 15300. The van der Waals surface area contributed by atoms with Crippen LogP contribution in [0, 0.1) is 0 Å². The van der Waals surface area contributed by atoms with E-state index in [-0.39, 0.29) is 26.4 Å². The average molecular weight is 559 g/mol. The summed E-state index contributed by atoms with van der Waals surface area (Å²) in [5.74, 6) is 0. The number of hydrogen-bond acceptors (Lipinski definition) is 4. The van der Waals surface area contributed by atoms with E-state index in [4.69, 9.17) is 20.4 Å². The van der Waals surface area contributed by atoms with Gasteiger partial charge >= 0.3 is 0 Å². The van der Waals surface area contributed by atoms with Gasteiger partial charge in [0.25, 0.3) is 0 Å². The zero-order valence-corrected chi connectivity index (χ0v) is 27.4. The Kier molecular flexibility index (Phi) is 3340. The van der Waals surface area contributed by atoms with E-state index < -0.39 is 0 Å². The van der Waals surface area contributed by atoms with Gasteiger partial charge in [0.05, 0.1) is 26.4 Å². The highest BCUT2D eigenvalue weighted by Gasteiger charge is 1.58. The molecule has 0 aromatic rings. The zero-order valence-electron chi connectivity index (χ0n) is 27.4. The lowest BCUT2D eigenvalue weighted by atomic mass is 10.8. The zero-order chi connectivity index (χ0) is 36.4. The van der Waals surface area contributed by atoms with Crippen molar-refractivity contribution in [1.29, 1.82) is 0 Å². The lowest BCUT2D eigenvalue weighted by molar-refractivity contribution is 0.186. The first-order valence-corrected chi connectivity index (χ1v) is 11.2. The van der Waals surface area contributed by atoms with Crippen molar-refractivity contribution in [1.82, 2.24) is 0 Å². The van der Waals surface area contributed by atoms with E-state index in [2.05, 4.69) is 138 Å². The van der Waals surface area contributed by atoms with E-state index in [0.29, 0.717) is 0 Å². The molecule has 238 valence electrons. The van der Waals surface area contributed by atoms with Gasteiger partial charge in [0, 0.05) is 0 Å². The summed E-state index contributed by atoms with van der Waals surface area (Å²) in [7, 11) is 0. The minimum atomic E-state index is -0.125. The summed E-state index contributed by atoms with van der Waals surface area (Å²) < 4.78 is 0. The van der Waals surface area contributed by atoms with E-state index in [9.17, 15) is 0 Å². The Morgan fingerprint density at radius 1 is 0.282 bits per heavy atom. The molecule has 0 unspecified atom stereocenters. The van der Waals surface area contributed by atoms with Crippen molar-refractivity contribution in [3.63, 3.8) is 0 Å². The van der Waals surface area contributed by atoms with Crippen molar-refractivity contribution in [2.75, 3.05) is 26.4 Å². The van der Waals surface area contributed by atoms with Crippen LogP contribution in [0.5, 0.6) is 0 Å². The molecule has 39 heavy (non-hydrogen) atoms. The topological polar surface area (TPSA) is 80.9 Å². The maximum absolute atomic E-state index is 7.62. The molecule has 4 N–H and O–H groups in total. The van der Waals surface area contributed by atoms with E-state index in [0.717, 1.165) is 0 Å². The van der Waals surface area contributed by atoms with Crippen molar-refractivity contribution in [3.8, 4) is 0 Å². The van der Waals surface area contributed by atoms with Gasteiger partial charge in [0.2, 0.25) is 0 Å². The predicted octanol–water partition coefficient (Wildman–Crippen LogP) is 10.3. The fourth-order valence-electron chi connectivity index (χ4n) is 0. The lowest BCUT2D eigenvalue weighted by Crippen LogP contribution is -1.85. The first kappa shape index (κ1) is 101. The number of rotatable bonds is 2. The number of allylic oxidation sites excluding steroid dienone is 5. The quantitative estimate of drug-likeness (QED) is 0.254. The van der Waals surface area contributed by atoms with Gasteiger partial charge in [0.15, 0.2) is 0 Å². The van der Waals surface area contributed by atoms with Crippen LogP contribution in [-0.2, 0) is 0 Å². The molecule has 0 aliphatic rings. The Morgan fingerprint density at radius 3 is 0.308 bits per heavy atom. The van der Waals surface area contributed by atoms with Gasteiger partial charge < -0.3 is 20.4 Å². The maximum Gasteiger partial charge on any atom is 0.0662 e. The molecular weight excluding hydrogens is 484 g/mol. The van der Waals surface area contributed by atoms with Crippen LogP contribution in [0.3, 0.4) is 0 Å². The van der Waals surface area contributed by atoms with Gasteiger partial charge in [0.1, 0.15) is 0 Å². The summed E-state index contributed by atoms with van der Waals surface area (Å²) in [4.78, 5) is 0. The predicted molar refractivity (Wildman–Crippen MR) is 198 cm³/mol. The van der Waals surface area contributed by atoms with E-state index in [1.807, 2.05) is 34.6 Å². The molecule has 4 nitrogen and oxygen atoms in total. The minimum Gasteiger partial charge on any atom is -0.394 e. The fraction of sp³-hybridized carbons (Fsp3) is 0.257. The standard InChI is InChI=1S/5C3H6.2C2H6O2.8C2H4/c5*1-3-2;2*3-1-2-4;8*1-2/h5*3H,1H2,2H3;2*3-4H,1-2H2;8*1-2H2. The lowest BCUT2D eigenvalue weighted by Gasteiger charge is -1.70. The second-order valence-corrected chi connectivity index (χ2v) is 2.94. The van der Waals surface area contributed by atoms with E-state index >= 15 is 0 Å². The second-order valence-electron chi connectivity index (χ2n) is 2.94. The Balaban J connectivity index is -0.0000000123. The molecule has 0 rings (SSSR count). The van der Waals surface area contributed by atoms with Gasteiger partial charge in [-0.1, -0.05) is 30.4 Å². The summed E-state index contributed by atoms with van der Waals surface area (Å²) in [5, 5.41) is 30.5. The largest absolute Gasteiger partial charge is 0.394 e. The number of aliphatic hydroxyl groups excluding tert-OH is 4. The van der Waals surface area contributed by atoms with Crippen LogP contribution in [0.2, 0.25) is 0 Å². The van der Waals surface area contributed by atoms with Crippen LogP contribution in [0.15, 0.2) is 169 Å². The molecular formula is C35H74O4. The Hall–Kier alpha value is -3.54. The molecule has 0 fully saturated rings. The number of aliphatic hydroxyl groups is 4. The van der Waals surface area contributed by atoms with Gasteiger partial charge in [-0.05, 0) is 34.6 Å². The highest BCUT2D eigenvalue weighted by atomic mass is 16.3. The van der Waals surface area contributed by atoms with Crippen LogP contribution in [0.4, 0.5) is 0 Å². The Labute approximate surface area is 249 Å². The second kappa shape index (κ2) is 1290. The normalized spacial score (nSPS) is 4.03. The molecule has 0 aromatic heterocycles. The maximum atomic E-state index is 7.62. The number of hydrogen-bond donors (Lipinski definition) is 4. The molecule has 0 saturated carbocycles. The molecule has 0 aliphatic heterocycles. The van der Waals surface area contributed by atoms with E-state index in [1.54, 1.807) is 30.4 Å². The van der Waals surface area contributed by atoms with Crippen molar-refractivity contribution >= 4 is 0 Å². The monoisotopic (exact) mass is 559 g/mol. The van der Waals surface area contributed by atoms with Crippen LogP contribution in [0.25, 0.3) is 0 Å². The third-order valence-corrected chi connectivity index (χ3v) is 0.200. The molecule has 0 bridgehead atoms. The third-order valence-electron chi connectivity index (χ3n) is 0.200. The SMILES string of the molecule is C=C.C=C.C=C.C=C.C=C.C=C.C=C.C=C.C=CC.C=CC.C=CC.C=CC.C=CC.OCCO.OCCO. The highest BCUT2D eigenvalue weighted by Crippen LogP contribution is 1.40. The highest BCUT2D eigenvalue weighted by molar-refractivity contribution is 4.52. The smallest absolute Gasteiger partial charge is 0.0662 e. The Bertz CT molecular complexity index is 199. The molecule has 0 radical (unpaired) electrons. The first-order valence-electron chi connectivity index (χ1n) is 11.2. The summed E-state index contributed by atoms with van der Waals surface area (Å²) in [6, 6.07) is 0. The van der Waals surface area contributed by atoms with Gasteiger partial charge in [-0.25, -0.2) is 0 Å². The summed E-state index contributed by atoms with van der Waals surface area (Å²) in [6.45, 7) is 73.8. The first-order chi connectivity index (χ1) is 18.9. The molecule has 0 aliphatic carbocycles. The van der Waals surface area contributed by atoms with E-state index in [1.165, 1.54) is 0 Å². The molecule has 0 aromatic carbocycles. The van der Waals surface area contributed by atoms with Gasteiger partial charge in [-0.3, -0.25) is 0 Å². The van der Waals surface area contributed by atoms with Crippen LogP contribution in [-0.4, -0.2) is 46.9 Å². The summed E-state index contributed by atoms with van der Waals surface area (Å²) in [5.41, 5.74) is 0. The van der Waals surface area contributed by atoms with Crippen molar-refractivity contribution < 1.29 is 20.4 Å². The average Bonchev–Trinajstić information content (AvgIpc) is 3.03. The van der Waals surface area contributed by atoms with Crippen molar-refractivity contribution in [2.24, 2.45) is 0 Å².